The fraction of sp³-hybridized carbons (Fsp3) is 0.263. The Bertz CT molecular complexity index is 831. The SMILES string of the molecule is CCCCC(=O)N[C@H](c1cccs1)c1ccc2cccnc2c1O. The second-order valence-electron chi connectivity index (χ2n) is 5.70. The Hall–Kier alpha value is -2.40. The predicted octanol–water partition coefficient (Wildman–Crippen LogP) is 4.40. The summed E-state index contributed by atoms with van der Waals surface area (Å²) in [7, 11) is 0. The standard InChI is InChI=1S/C19H20N2O2S/c1-2-3-8-16(22)21-18(15-7-5-12-24-15)14-10-9-13-6-4-11-20-17(13)19(14)23/h4-7,9-12,18,23H,2-3,8H2,1H3,(H,21,22)/t18-/m0/s1. The molecular weight excluding hydrogens is 320 g/mol. The van der Waals surface area contributed by atoms with E-state index in [4.69, 9.17) is 0 Å². The minimum Gasteiger partial charge on any atom is -0.505 e. The number of nitrogens with zero attached hydrogens (tertiary/aromatic N) is 1. The van der Waals surface area contributed by atoms with Gasteiger partial charge in [-0.1, -0.05) is 37.6 Å². The Morgan fingerprint density at radius 3 is 2.92 bits per heavy atom. The molecule has 24 heavy (non-hydrogen) atoms. The van der Waals surface area contributed by atoms with Gasteiger partial charge in [0, 0.05) is 28.4 Å². The van der Waals surface area contributed by atoms with Gasteiger partial charge in [0.2, 0.25) is 5.91 Å². The predicted molar refractivity (Wildman–Crippen MR) is 97.2 cm³/mol. The zero-order chi connectivity index (χ0) is 16.9. The van der Waals surface area contributed by atoms with Gasteiger partial charge in [0.1, 0.15) is 11.3 Å². The number of fused-ring (bicyclic) bond motifs is 1. The lowest BCUT2D eigenvalue weighted by atomic mass is 10.0. The Kier molecular flexibility index (Phi) is 5.11. The van der Waals surface area contributed by atoms with Crippen molar-refractivity contribution in [1.29, 1.82) is 0 Å². The van der Waals surface area contributed by atoms with Crippen molar-refractivity contribution in [3.05, 3.63) is 58.4 Å². The molecule has 1 amide bonds. The van der Waals surface area contributed by atoms with Gasteiger partial charge in [-0.25, -0.2) is 0 Å². The number of rotatable bonds is 6. The first-order chi connectivity index (χ1) is 11.7. The van der Waals surface area contributed by atoms with E-state index in [0.29, 0.717) is 17.5 Å². The Morgan fingerprint density at radius 2 is 2.17 bits per heavy atom. The lowest BCUT2D eigenvalue weighted by Gasteiger charge is -2.20. The zero-order valence-corrected chi connectivity index (χ0v) is 14.3. The summed E-state index contributed by atoms with van der Waals surface area (Å²) < 4.78 is 0. The molecule has 0 saturated heterocycles. The number of hydrogen-bond acceptors (Lipinski definition) is 4. The van der Waals surface area contributed by atoms with Crippen LogP contribution in [0.3, 0.4) is 0 Å². The average Bonchev–Trinajstić information content (AvgIpc) is 3.13. The maximum absolute atomic E-state index is 12.3. The van der Waals surface area contributed by atoms with Gasteiger partial charge < -0.3 is 10.4 Å². The lowest BCUT2D eigenvalue weighted by molar-refractivity contribution is -0.121. The van der Waals surface area contributed by atoms with E-state index in [2.05, 4.69) is 17.2 Å². The van der Waals surface area contributed by atoms with Crippen molar-refractivity contribution in [2.24, 2.45) is 0 Å². The van der Waals surface area contributed by atoms with Gasteiger partial charge in [0.25, 0.3) is 0 Å². The first-order valence-electron chi connectivity index (χ1n) is 8.10. The second kappa shape index (κ2) is 7.45. The maximum Gasteiger partial charge on any atom is 0.220 e. The third-order valence-electron chi connectivity index (χ3n) is 3.98. The van der Waals surface area contributed by atoms with Crippen molar-refractivity contribution >= 4 is 28.1 Å². The van der Waals surface area contributed by atoms with Crippen LogP contribution < -0.4 is 5.32 Å². The summed E-state index contributed by atoms with van der Waals surface area (Å²) in [6, 6.07) is 11.1. The van der Waals surface area contributed by atoms with E-state index in [-0.39, 0.29) is 17.7 Å². The molecule has 5 heteroatoms. The first-order valence-corrected chi connectivity index (χ1v) is 8.98. The normalized spacial score (nSPS) is 12.2. The molecule has 3 rings (SSSR count). The average molecular weight is 340 g/mol. The van der Waals surface area contributed by atoms with E-state index in [1.165, 1.54) is 0 Å². The number of thiophene rings is 1. The molecule has 0 saturated carbocycles. The molecule has 1 aromatic carbocycles. The summed E-state index contributed by atoms with van der Waals surface area (Å²) in [5.74, 6) is 0.123. The Balaban J connectivity index is 1.99. The van der Waals surface area contributed by atoms with Gasteiger partial charge >= 0.3 is 0 Å². The number of amides is 1. The molecule has 0 fully saturated rings. The number of pyridine rings is 1. The number of hydrogen-bond donors (Lipinski definition) is 2. The van der Waals surface area contributed by atoms with Gasteiger partial charge in [-0.3, -0.25) is 9.78 Å². The van der Waals surface area contributed by atoms with E-state index >= 15 is 0 Å². The highest BCUT2D eigenvalue weighted by atomic mass is 32.1. The first kappa shape index (κ1) is 16.5. The molecule has 0 aliphatic rings. The number of nitrogens with one attached hydrogen (secondary N) is 1. The molecule has 2 N–H and O–H groups in total. The van der Waals surface area contributed by atoms with E-state index in [0.717, 1.165) is 23.1 Å². The number of aromatic nitrogens is 1. The van der Waals surface area contributed by atoms with Crippen LogP contribution >= 0.6 is 11.3 Å². The summed E-state index contributed by atoms with van der Waals surface area (Å²) in [5.41, 5.74) is 1.23. The zero-order valence-electron chi connectivity index (χ0n) is 13.5. The maximum atomic E-state index is 12.3. The van der Waals surface area contributed by atoms with Crippen LogP contribution in [-0.2, 0) is 4.79 Å². The quantitative estimate of drug-likeness (QED) is 0.699. The largest absolute Gasteiger partial charge is 0.505 e. The number of phenols is 1. The number of unbranched alkanes of at least 4 members (excludes halogenated alkanes) is 1. The number of carbonyl (C=O) groups excluding carboxylic acids is 1. The van der Waals surface area contributed by atoms with Crippen LogP contribution in [0.2, 0.25) is 0 Å². The van der Waals surface area contributed by atoms with E-state index in [1.54, 1.807) is 17.5 Å². The van der Waals surface area contributed by atoms with Crippen LogP contribution in [0.25, 0.3) is 10.9 Å². The van der Waals surface area contributed by atoms with Gasteiger partial charge in [-0.05, 0) is 23.9 Å². The molecule has 1 atom stereocenters. The number of phenolic OH excluding ortho intramolecular Hbond substituents is 1. The topological polar surface area (TPSA) is 62.2 Å². The van der Waals surface area contributed by atoms with E-state index < -0.39 is 0 Å². The van der Waals surface area contributed by atoms with Gasteiger partial charge in [-0.2, -0.15) is 0 Å². The molecule has 4 nitrogen and oxygen atoms in total. The van der Waals surface area contributed by atoms with Crippen molar-refractivity contribution < 1.29 is 9.90 Å². The summed E-state index contributed by atoms with van der Waals surface area (Å²) in [6.45, 7) is 2.06. The number of carbonyl (C=O) groups is 1. The van der Waals surface area contributed by atoms with Crippen LogP contribution in [0.15, 0.2) is 48.0 Å². The van der Waals surface area contributed by atoms with Crippen molar-refractivity contribution in [1.82, 2.24) is 10.3 Å². The lowest BCUT2D eigenvalue weighted by Crippen LogP contribution is -2.28. The van der Waals surface area contributed by atoms with Gasteiger partial charge in [0.05, 0.1) is 6.04 Å². The van der Waals surface area contributed by atoms with Gasteiger partial charge in [0.15, 0.2) is 0 Å². The molecule has 0 aliphatic heterocycles. The fourth-order valence-electron chi connectivity index (χ4n) is 2.71. The molecular formula is C19H20N2O2S. The minimum absolute atomic E-state index is 0.00392. The highest BCUT2D eigenvalue weighted by molar-refractivity contribution is 7.10. The molecule has 2 heterocycles. The number of aromatic hydroxyl groups is 1. The van der Waals surface area contributed by atoms with Crippen LogP contribution in [-0.4, -0.2) is 16.0 Å². The van der Waals surface area contributed by atoms with Crippen molar-refractivity contribution in [3.63, 3.8) is 0 Å². The van der Waals surface area contributed by atoms with Crippen LogP contribution in [0.1, 0.15) is 42.7 Å². The molecule has 0 unspecified atom stereocenters. The highest BCUT2D eigenvalue weighted by Crippen LogP contribution is 2.35. The van der Waals surface area contributed by atoms with Crippen LogP contribution in [0.5, 0.6) is 5.75 Å². The Labute approximate surface area is 145 Å². The van der Waals surface area contributed by atoms with Crippen LogP contribution in [0, 0.1) is 0 Å². The van der Waals surface area contributed by atoms with Crippen molar-refractivity contribution in [2.45, 2.75) is 32.2 Å². The van der Waals surface area contributed by atoms with E-state index in [1.807, 2.05) is 41.8 Å². The summed E-state index contributed by atoms with van der Waals surface area (Å²) in [6.07, 6.45) is 3.98. The van der Waals surface area contributed by atoms with Crippen molar-refractivity contribution in [3.8, 4) is 5.75 Å². The van der Waals surface area contributed by atoms with Crippen LogP contribution in [0.4, 0.5) is 0 Å². The third kappa shape index (κ3) is 3.41. The minimum atomic E-state index is -0.360. The van der Waals surface area contributed by atoms with Crippen molar-refractivity contribution in [2.75, 3.05) is 0 Å². The molecule has 0 aliphatic carbocycles. The summed E-state index contributed by atoms with van der Waals surface area (Å²) in [5, 5.41) is 16.6. The smallest absolute Gasteiger partial charge is 0.220 e. The molecule has 0 spiro atoms. The molecule has 3 aromatic rings. The van der Waals surface area contributed by atoms with Gasteiger partial charge in [-0.15, -0.1) is 11.3 Å². The summed E-state index contributed by atoms with van der Waals surface area (Å²) in [4.78, 5) is 17.5. The molecule has 0 radical (unpaired) electrons. The highest BCUT2D eigenvalue weighted by Gasteiger charge is 2.22. The summed E-state index contributed by atoms with van der Waals surface area (Å²) >= 11 is 1.56. The number of benzene rings is 1. The second-order valence-corrected chi connectivity index (χ2v) is 6.68. The molecule has 0 bridgehead atoms. The monoisotopic (exact) mass is 340 g/mol. The fourth-order valence-corrected chi connectivity index (χ4v) is 3.50. The molecule has 2 aromatic heterocycles. The molecule has 124 valence electrons. The third-order valence-corrected chi connectivity index (χ3v) is 4.92. The van der Waals surface area contributed by atoms with E-state index in [9.17, 15) is 9.90 Å². The Morgan fingerprint density at radius 1 is 1.29 bits per heavy atom.